The molecular formula is C20H23N5. The molecular weight excluding hydrogens is 310 g/mol. The Labute approximate surface area is 148 Å². The molecule has 5 nitrogen and oxygen atoms in total. The van der Waals surface area contributed by atoms with Crippen LogP contribution in [-0.2, 0) is 13.0 Å². The fourth-order valence-corrected chi connectivity index (χ4v) is 2.56. The molecule has 128 valence electrons. The number of nitrogens with zero attached hydrogens (tertiary/aromatic N) is 3. The predicted octanol–water partition coefficient (Wildman–Crippen LogP) is 2.78. The van der Waals surface area contributed by atoms with Crippen molar-refractivity contribution in [2.24, 2.45) is 4.99 Å². The van der Waals surface area contributed by atoms with Gasteiger partial charge in [-0.3, -0.25) is 4.99 Å². The van der Waals surface area contributed by atoms with E-state index in [2.05, 4.69) is 69.3 Å². The van der Waals surface area contributed by atoms with Crippen LogP contribution in [0.15, 0.2) is 78.0 Å². The standard InChI is InChI=1S/C20H23N5/c1-21-20(22-14-12-17-6-3-2-4-7-17)23-16-18-8-10-19(11-9-18)25-15-5-13-24-25/h2-11,13,15H,12,14,16H2,1H3,(H2,21,22,23). The van der Waals surface area contributed by atoms with Crippen molar-refractivity contribution in [1.29, 1.82) is 0 Å². The average molecular weight is 333 g/mol. The molecule has 3 aromatic rings. The summed E-state index contributed by atoms with van der Waals surface area (Å²) >= 11 is 0. The van der Waals surface area contributed by atoms with Gasteiger partial charge in [0.2, 0.25) is 0 Å². The van der Waals surface area contributed by atoms with Crippen molar-refractivity contribution in [3.63, 3.8) is 0 Å². The maximum atomic E-state index is 4.27. The van der Waals surface area contributed by atoms with Crippen LogP contribution in [0.1, 0.15) is 11.1 Å². The zero-order valence-corrected chi connectivity index (χ0v) is 14.4. The number of aliphatic imine (C=N–C) groups is 1. The van der Waals surface area contributed by atoms with E-state index < -0.39 is 0 Å². The summed E-state index contributed by atoms with van der Waals surface area (Å²) < 4.78 is 1.85. The first-order chi connectivity index (χ1) is 12.3. The number of hydrogen-bond acceptors (Lipinski definition) is 2. The maximum Gasteiger partial charge on any atom is 0.191 e. The van der Waals surface area contributed by atoms with Crippen LogP contribution in [0.2, 0.25) is 0 Å². The van der Waals surface area contributed by atoms with Gasteiger partial charge in [0.1, 0.15) is 0 Å². The van der Waals surface area contributed by atoms with Crippen molar-refractivity contribution in [1.82, 2.24) is 20.4 Å². The molecule has 0 aliphatic heterocycles. The third-order valence-electron chi connectivity index (χ3n) is 3.94. The Hall–Kier alpha value is -3.08. The summed E-state index contributed by atoms with van der Waals surface area (Å²) in [6.45, 7) is 1.58. The van der Waals surface area contributed by atoms with E-state index in [9.17, 15) is 0 Å². The van der Waals surface area contributed by atoms with Crippen molar-refractivity contribution < 1.29 is 0 Å². The van der Waals surface area contributed by atoms with Crippen molar-refractivity contribution in [3.05, 3.63) is 84.2 Å². The highest BCUT2D eigenvalue weighted by Gasteiger charge is 2.00. The van der Waals surface area contributed by atoms with Gasteiger partial charge in [0.05, 0.1) is 5.69 Å². The summed E-state index contributed by atoms with van der Waals surface area (Å²) in [6.07, 6.45) is 4.69. The Morgan fingerprint density at radius 2 is 1.76 bits per heavy atom. The minimum Gasteiger partial charge on any atom is -0.356 e. The van der Waals surface area contributed by atoms with E-state index in [0.29, 0.717) is 0 Å². The van der Waals surface area contributed by atoms with Gasteiger partial charge in [-0.2, -0.15) is 5.10 Å². The second-order valence-corrected chi connectivity index (χ2v) is 5.71. The van der Waals surface area contributed by atoms with Crippen molar-refractivity contribution in [2.45, 2.75) is 13.0 Å². The highest BCUT2D eigenvalue weighted by molar-refractivity contribution is 5.79. The molecule has 0 fully saturated rings. The zero-order valence-electron chi connectivity index (χ0n) is 14.4. The van der Waals surface area contributed by atoms with Gasteiger partial charge in [-0.05, 0) is 35.7 Å². The van der Waals surface area contributed by atoms with Crippen LogP contribution < -0.4 is 10.6 Å². The summed E-state index contributed by atoms with van der Waals surface area (Å²) in [5.74, 6) is 0.812. The molecule has 0 bridgehead atoms. The highest BCUT2D eigenvalue weighted by atomic mass is 15.3. The molecule has 25 heavy (non-hydrogen) atoms. The summed E-state index contributed by atoms with van der Waals surface area (Å²) in [6, 6.07) is 20.7. The molecule has 0 unspecified atom stereocenters. The predicted molar refractivity (Wildman–Crippen MR) is 102 cm³/mol. The molecule has 1 heterocycles. The molecule has 0 radical (unpaired) electrons. The van der Waals surface area contributed by atoms with E-state index in [-0.39, 0.29) is 0 Å². The van der Waals surface area contributed by atoms with Gasteiger partial charge in [-0.1, -0.05) is 42.5 Å². The lowest BCUT2D eigenvalue weighted by Gasteiger charge is -2.12. The number of nitrogens with one attached hydrogen (secondary N) is 2. The third kappa shape index (κ3) is 4.94. The molecule has 3 rings (SSSR count). The average Bonchev–Trinajstić information content (AvgIpc) is 3.20. The van der Waals surface area contributed by atoms with E-state index in [0.717, 1.165) is 31.2 Å². The summed E-state index contributed by atoms with van der Waals surface area (Å²) in [7, 11) is 1.79. The van der Waals surface area contributed by atoms with Crippen LogP contribution >= 0.6 is 0 Å². The molecule has 0 aliphatic rings. The van der Waals surface area contributed by atoms with Gasteiger partial charge < -0.3 is 10.6 Å². The van der Waals surface area contributed by atoms with Crippen LogP contribution in [0.25, 0.3) is 5.69 Å². The van der Waals surface area contributed by atoms with Crippen LogP contribution in [0.4, 0.5) is 0 Å². The largest absolute Gasteiger partial charge is 0.356 e. The molecule has 0 aliphatic carbocycles. The second-order valence-electron chi connectivity index (χ2n) is 5.71. The van der Waals surface area contributed by atoms with E-state index in [1.54, 1.807) is 13.2 Å². The maximum absolute atomic E-state index is 4.27. The monoisotopic (exact) mass is 333 g/mol. The molecule has 0 saturated carbocycles. The number of hydrogen-bond donors (Lipinski definition) is 2. The fraction of sp³-hybridized carbons (Fsp3) is 0.200. The van der Waals surface area contributed by atoms with E-state index in [1.807, 2.05) is 23.0 Å². The summed E-state index contributed by atoms with van der Waals surface area (Å²) in [5.41, 5.74) is 3.57. The molecule has 0 spiro atoms. The first-order valence-electron chi connectivity index (χ1n) is 8.42. The minimum atomic E-state index is 0.727. The quantitative estimate of drug-likeness (QED) is 0.539. The summed E-state index contributed by atoms with van der Waals surface area (Å²) in [4.78, 5) is 4.27. The first kappa shape index (κ1) is 16.8. The first-order valence-corrected chi connectivity index (χ1v) is 8.42. The van der Waals surface area contributed by atoms with Crippen LogP contribution in [0.3, 0.4) is 0 Å². The molecule has 0 atom stereocenters. The van der Waals surface area contributed by atoms with Gasteiger partial charge in [0, 0.05) is 32.5 Å². The number of benzene rings is 2. The van der Waals surface area contributed by atoms with Gasteiger partial charge in [0.15, 0.2) is 5.96 Å². The highest BCUT2D eigenvalue weighted by Crippen LogP contribution is 2.08. The zero-order chi connectivity index (χ0) is 17.3. The van der Waals surface area contributed by atoms with Crippen LogP contribution in [0, 0.1) is 0 Å². The number of rotatable bonds is 6. The smallest absolute Gasteiger partial charge is 0.191 e. The summed E-state index contributed by atoms with van der Waals surface area (Å²) in [5, 5.41) is 10.9. The molecule has 0 amide bonds. The lowest BCUT2D eigenvalue weighted by atomic mass is 10.1. The Balaban J connectivity index is 1.46. The number of guanidine groups is 1. The van der Waals surface area contributed by atoms with Crippen molar-refractivity contribution in [3.8, 4) is 5.69 Å². The van der Waals surface area contributed by atoms with Gasteiger partial charge >= 0.3 is 0 Å². The Kier molecular flexibility index (Phi) is 5.82. The minimum absolute atomic E-state index is 0.727. The molecule has 5 heteroatoms. The normalized spacial score (nSPS) is 11.3. The SMILES string of the molecule is CN=C(NCCc1ccccc1)NCc1ccc(-n2cccn2)cc1. The topological polar surface area (TPSA) is 54.2 Å². The lowest BCUT2D eigenvalue weighted by Crippen LogP contribution is -2.37. The van der Waals surface area contributed by atoms with Gasteiger partial charge in [0.25, 0.3) is 0 Å². The molecule has 2 N–H and O–H groups in total. The van der Waals surface area contributed by atoms with E-state index in [4.69, 9.17) is 0 Å². The van der Waals surface area contributed by atoms with Gasteiger partial charge in [-0.15, -0.1) is 0 Å². The molecule has 1 aromatic heterocycles. The van der Waals surface area contributed by atoms with Crippen molar-refractivity contribution in [2.75, 3.05) is 13.6 Å². The number of aromatic nitrogens is 2. The Bertz CT molecular complexity index is 777. The van der Waals surface area contributed by atoms with Crippen LogP contribution in [0.5, 0.6) is 0 Å². The van der Waals surface area contributed by atoms with Gasteiger partial charge in [-0.25, -0.2) is 4.68 Å². The third-order valence-corrected chi connectivity index (χ3v) is 3.94. The van der Waals surface area contributed by atoms with Crippen molar-refractivity contribution >= 4 is 5.96 Å². The van der Waals surface area contributed by atoms with E-state index in [1.165, 1.54) is 11.1 Å². The van der Waals surface area contributed by atoms with E-state index >= 15 is 0 Å². The Morgan fingerprint density at radius 3 is 2.44 bits per heavy atom. The fourth-order valence-electron chi connectivity index (χ4n) is 2.56. The second kappa shape index (κ2) is 8.68. The van der Waals surface area contributed by atoms with Crippen LogP contribution in [-0.4, -0.2) is 29.3 Å². The Morgan fingerprint density at radius 1 is 0.960 bits per heavy atom. The molecule has 0 saturated heterocycles. The molecule has 2 aromatic carbocycles. The lowest BCUT2D eigenvalue weighted by molar-refractivity contribution is 0.794.